The van der Waals surface area contributed by atoms with Gasteiger partial charge in [0.15, 0.2) is 0 Å². The van der Waals surface area contributed by atoms with Crippen molar-refractivity contribution in [3.8, 4) is 12.3 Å². The molecule has 2 aliphatic rings. The van der Waals surface area contributed by atoms with Gasteiger partial charge in [-0.05, 0) is 56.3 Å². The Bertz CT molecular complexity index is 567. The first kappa shape index (κ1) is 15.1. The predicted octanol–water partition coefficient (Wildman–Crippen LogP) is 2.53. The molecule has 1 aromatic rings. The summed E-state index contributed by atoms with van der Waals surface area (Å²) in [7, 11) is 0. The van der Waals surface area contributed by atoms with E-state index in [1.165, 1.54) is 11.1 Å². The van der Waals surface area contributed by atoms with E-state index in [-0.39, 0.29) is 17.9 Å². The van der Waals surface area contributed by atoms with E-state index in [0.29, 0.717) is 6.54 Å². The van der Waals surface area contributed by atoms with Gasteiger partial charge in [0.05, 0.1) is 12.6 Å². The van der Waals surface area contributed by atoms with Crippen LogP contribution in [0.25, 0.3) is 0 Å². The number of terminal acetylenes is 1. The van der Waals surface area contributed by atoms with E-state index in [4.69, 9.17) is 6.42 Å². The molecule has 3 rings (SSSR count). The third-order valence-electron chi connectivity index (χ3n) is 4.96. The van der Waals surface area contributed by atoms with Crippen molar-refractivity contribution in [3.05, 3.63) is 35.4 Å². The molecule has 1 atom stereocenters. The number of carbonyl (C=O) groups excluding carboxylic acids is 1. The number of likely N-dealkylation sites (tertiary alicyclic amines) is 1. The van der Waals surface area contributed by atoms with Crippen LogP contribution in [0.4, 0.5) is 0 Å². The van der Waals surface area contributed by atoms with Gasteiger partial charge in [0.1, 0.15) is 0 Å². The molecule has 1 saturated heterocycles. The van der Waals surface area contributed by atoms with Gasteiger partial charge in [0, 0.05) is 5.92 Å². The smallest absolute Gasteiger partial charge is 0.223 e. The Morgan fingerprint density at radius 1 is 1.27 bits per heavy atom. The fourth-order valence-electron chi connectivity index (χ4n) is 3.68. The van der Waals surface area contributed by atoms with Crippen molar-refractivity contribution >= 4 is 5.91 Å². The Balaban J connectivity index is 1.58. The van der Waals surface area contributed by atoms with Crippen molar-refractivity contribution in [2.24, 2.45) is 5.92 Å². The van der Waals surface area contributed by atoms with E-state index in [0.717, 1.165) is 45.2 Å². The van der Waals surface area contributed by atoms with Gasteiger partial charge in [-0.1, -0.05) is 30.2 Å². The van der Waals surface area contributed by atoms with Gasteiger partial charge in [0.25, 0.3) is 0 Å². The first-order chi connectivity index (χ1) is 10.8. The minimum atomic E-state index is 0.142. The highest BCUT2D eigenvalue weighted by Gasteiger charge is 2.28. The van der Waals surface area contributed by atoms with E-state index in [9.17, 15) is 4.79 Å². The van der Waals surface area contributed by atoms with E-state index in [1.54, 1.807) is 0 Å². The number of amides is 1. The van der Waals surface area contributed by atoms with E-state index < -0.39 is 0 Å². The van der Waals surface area contributed by atoms with E-state index in [2.05, 4.69) is 40.4 Å². The fraction of sp³-hybridized carbons (Fsp3) is 0.526. The second kappa shape index (κ2) is 6.98. The first-order valence-corrected chi connectivity index (χ1v) is 8.32. The van der Waals surface area contributed by atoms with Gasteiger partial charge in [-0.3, -0.25) is 9.69 Å². The molecule has 3 nitrogen and oxygen atoms in total. The zero-order chi connectivity index (χ0) is 15.4. The number of hydrogen-bond donors (Lipinski definition) is 1. The summed E-state index contributed by atoms with van der Waals surface area (Å²) >= 11 is 0. The molecule has 0 spiro atoms. The highest BCUT2D eigenvalue weighted by Crippen LogP contribution is 2.30. The topological polar surface area (TPSA) is 32.3 Å². The maximum atomic E-state index is 12.6. The van der Waals surface area contributed by atoms with Crippen molar-refractivity contribution in [3.63, 3.8) is 0 Å². The standard InChI is InChI=1S/C19H24N2O/c1-2-12-21-13-10-16(11-14-21)19(22)20-18-9-5-7-15-6-3-4-8-17(15)18/h1,3-4,6,8,16,18H,5,7,9-14H2,(H,20,22). The zero-order valence-electron chi connectivity index (χ0n) is 13.1. The van der Waals surface area contributed by atoms with Crippen molar-refractivity contribution in [2.75, 3.05) is 19.6 Å². The summed E-state index contributed by atoms with van der Waals surface area (Å²) in [6.07, 6.45) is 10.5. The third kappa shape index (κ3) is 3.34. The van der Waals surface area contributed by atoms with Crippen molar-refractivity contribution in [1.29, 1.82) is 0 Å². The minimum Gasteiger partial charge on any atom is -0.349 e. The van der Waals surface area contributed by atoms with Crippen LogP contribution in [0.15, 0.2) is 24.3 Å². The summed E-state index contributed by atoms with van der Waals surface area (Å²) in [4.78, 5) is 14.8. The second-order valence-corrected chi connectivity index (χ2v) is 6.41. The molecule has 0 bridgehead atoms. The Morgan fingerprint density at radius 2 is 2.05 bits per heavy atom. The molecule has 0 aromatic heterocycles. The Kier molecular flexibility index (Phi) is 4.80. The Labute approximate surface area is 133 Å². The Hall–Kier alpha value is -1.79. The molecular formula is C19H24N2O. The van der Waals surface area contributed by atoms with Crippen molar-refractivity contribution in [1.82, 2.24) is 10.2 Å². The average molecular weight is 296 g/mol. The fourth-order valence-corrected chi connectivity index (χ4v) is 3.68. The number of nitrogens with one attached hydrogen (secondary N) is 1. The van der Waals surface area contributed by atoms with Gasteiger partial charge in [-0.25, -0.2) is 0 Å². The van der Waals surface area contributed by atoms with Crippen LogP contribution in [0.2, 0.25) is 0 Å². The molecule has 22 heavy (non-hydrogen) atoms. The summed E-state index contributed by atoms with van der Waals surface area (Å²) in [5.41, 5.74) is 2.70. The number of rotatable bonds is 3. The lowest BCUT2D eigenvalue weighted by molar-refractivity contribution is -0.127. The largest absolute Gasteiger partial charge is 0.349 e. The lowest BCUT2D eigenvalue weighted by Gasteiger charge is -2.32. The summed E-state index contributed by atoms with van der Waals surface area (Å²) in [6.45, 7) is 2.57. The first-order valence-electron chi connectivity index (χ1n) is 8.32. The Morgan fingerprint density at radius 3 is 2.82 bits per heavy atom. The van der Waals surface area contributed by atoms with Crippen LogP contribution in [-0.4, -0.2) is 30.4 Å². The number of hydrogen-bond acceptors (Lipinski definition) is 2. The molecular weight excluding hydrogens is 272 g/mol. The lowest BCUT2D eigenvalue weighted by atomic mass is 9.87. The molecule has 1 fully saturated rings. The monoisotopic (exact) mass is 296 g/mol. The SMILES string of the molecule is C#CCN1CCC(C(=O)NC2CCCc3ccccc32)CC1. The quantitative estimate of drug-likeness (QED) is 0.869. The number of fused-ring (bicyclic) bond motifs is 1. The highest BCUT2D eigenvalue weighted by molar-refractivity contribution is 5.79. The van der Waals surface area contributed by atoms with Gasteiger partial charge in [0.2, 0.25) is 5.91 Å². The number of piperidine rings is 1. The zero-order valence-corrected chi connectivity index (χ0v) is 13.1. The van der Waals surface area contributed by atoms with Crippen molar-refractivity contribution < 1.29 is 4.79 Å². The molecule has 3 heteroatoms. The van der Waals surface area contributed by atoms with Crippen molar-refractivity contribution in [2.45, 2.75) is 38.1 Å². The minimum absolute atomic E-state index is 0.142. The lowest BCUT2D eigenvalue weighted by Crippen LogP contribution is -2.42. The summed E-state index contributed by atoms with van der Waals surface area (Å²) < 4.78 is 0. The van der Waals surface area contributed by atoms with Crippen LogP contribution in [0.3, 0.4) is 0 Å². The maximum absolute atomic E-state index is 12.6. The number of aryl methyl sites for hydroxylation is 1. The molecule has 1 N–H and O–H groups in total. The van der Waals surface area contributed by atoms with E-state index >= 15 is 0 Å². The molecule has 1 aliphatic carbocycles. The third-order valence-corrected chi connectivity index (χ3v) is 4.96. The summed E-state index contributed by atoms with van der Waals surface area (Å²) in [5, 5.41) is 3.29. The molecule has 116 valence electrons. The van der Waals surface area contributed by atoms with Crippen LogP contribution in [0.1, 0.15) is 42.9 Å². The normalized spacial score (nSPS) is 22.6. The molecule has 1 unspecified atom stereocenters. The molecule has 0 radical (unpaired) electrons. The molecule has 0 saturated carbocycles. The van der Waals surface area contributed by atoms with Gasteiger partial charge < -0.3 is 5.32 Å². The van der Waals surface area contributed by atoms with Gasteiger partial charge >= 0.3 is 0 Å². The number of nitrogens with zero attached hydrogens (tertiary/aromatic N) is 1. The summed E-state index contributed by atoms with van der Waals surface area (Å²) in [5.74, 6) is 3.05. The number of carbonyl (C=O) groups is 1. The van der Waals surface area contributed by atoms with E-state index in [1.807, 2.05) is 0 Å². The van der Waals surface area contributed by atoms with Gasteiger partial charge in [-0.15, -0.1) is 6.42 Å². The van der Waals surface area contributed by atoms with Gasteiger partial charge in [-0.2, -0.15) is 0 Å². The van der Waals surface area contributed by atoms with Crippen LogP contribution < -0.4 is 5.32 Å². The van der Waals surface area contributed by atoms with Crippen LogP contribution in [-0.2, 0) is 11.2 Å². The highest BCUT2D eigenvalue weighted by atomic mass is 16.1. The second-order valence-electron chi connectivity index (χ2n) is 6.41. The molecule has 1 aliphatic heterocycles. The predicted molar refractivity (Wildman–Crippen MR) is 88.3 cm³/mol. The average Bonchev–Trinajstić information content (AvgIpc) is 2.56. The molecule has 1 amide bonds. The molecule has 1 aromatic carbocycles. The van der Waals surface area contributed by atoms with Crippen LogP contribution >= 0.6 is 0 Å². The summed E-state index contributed by atoms with van der Waals surface area (Å²) in [6, 6.07) is 8.70. The maximum Gasteiger partial charge on any atom is 0.223 e. The molecule has 1 heterocycles. The van der Waals surface area contributed by atoms with Crippen LogP contribution in [0.5, 0.6) is 0 Å². The number of benzene rings is 1. The van der Waals surface area contributed by atoms with Crippen LogP contribution in [0, 0.1) is 18.3 Å².